The van der Waals surface area contributed by atoms with Crippen molar-refractivity contribution in [2.75, 3.05) is 6.61 Å². The lowest BCUT2D eigenvalue weighted by atomic mass is 9.84. The number of carboxylic acids is 1. The molecule has 0 saturated heterocycles. The number of benzene rings is 1. The van der Waals surface area contributed by atoms with E-state index in [-0.39, 0.29) is 18.4 Å². The summed E-state index contributed by atoms with van der Waals surface area (Å²) in [5.41, 5.74) is 1.86. The fourth-order valence-corrected chi connectivity index (χ4v) is 3.85. The van der Waals surface area contributed by atoms with E-state index in [1.807, 2.05) is 18.2 Å². The van der Waals surface area contributed by atoms with E-state index in [0.717, 1.165) is 0 Å². The van der Waals surface area contributed by atoms with Crippen molar-refractivity contribution < 1.29 is 19.4 Å². The van der Waals surface area contributed by atoms with E-state index in [1.54, 1.807) is 20.8 Å². The van der Waals surface area contributed by atoms with Crippen LogP contribution in [0.4, 0.5) is 4.79 Å². The molecule has 138 valence electrons. The van der Waals surface area contributed by atoms with E-state index in [2.05, 4.69) is 35.7 Å². The van der Waals surface area contributed by atoms with Gasteiger partial charge in [-0.2, -0.15) is 0 Å². The summed E-state index contributed by atoms with van der Waals surface area (Å²) < 4.78 is 5.44. The monoisotopic (exact) mass is 355 g/mol. The SMILES string of the molecule is CC(C)(C)C(NC(=O)OCC1c2ccccc2C2C=CC=CC21)C(=O)O. The minimum atomic E-state index is -1.07. The molecule has 5 nitrogen and oxygen atoms in total. The normalized spacial score (nSPS) is 24.5. The van der Waals surface area contributed by atoms with Crippen molar-refractivity contribution in [1.29, 1.82) is 0 Å². The molecular weight excluding hydrogens is 330 g/mol. The first-order valence-electron chi connectivity index (χ1n) is 8.89. The lowest BCUT2D eigenvalue weighted by Crippen LogP contribution is -2.49. The number of nitrogens with one attached hydrogen (secondary N) is 1. The lowest BCUT2D eigenvalue weighted by molar-refractivity contribution is -0.142. The maximum Gasteiger partial charge on any atom is 0.407 e. The van der Waals surface area contributed by atoms with Gasteiger partial charge in [-0.15, -0.1) is 0 Å². The van der Waals surface area contributed by atoms with Crippen molar-refractivity contribution in [1.82, 2.24) is 5.32 Å². The molecule has 1 aromatic carbocycles. The summed E-state index contributed by atoms with van der Waals surface area (Å²) in [4.78, 5) is 23.6. The van der Waals surface area contributed by atoms with Crippen LogP contribution in [0.3, 0.4) is 0 Å². The van der Waals surface area contributed by atoms with Crippen LogP contribution < -0.4 is 5.32 Å². The van der Waals surface area contributed by atoms with E-state index in [0.29, 0.717) is 5.92 Å². The second-order valence-corrected chi connectivity index (χ2v) is 7.99. The van der Waals surface area contributed by atoms with E-state index in [4.69, 9.17) is 4.74 Å². The number of fused-ring (bicyclic) bond motifs is 3. The Hall–Kier alpha value is -2.56. The van der Waals surface area contributed by atoms with E-state index >= 15 is 0 Å². The van der Waals surface area contributed by atoms with Gasteiger partial charge in [-0.1, -0.05) is 69.3 Å². The summed E-state index contributed by atoms with van der Waals surface area (Å²) in [6.07, 6.45) is 7.73. The smallest absolute Gasteiger partial charge is 0.407 e. The van der Waals surface area contributed by atoms with Crippen molar-refractivity contribution in [3.8, 4) is 0 Å². The fraction of sp³-hybridized carbons (Fsp3) is 0.429. The van der Waals surface area contributed by atoms with Gasteiger partial charge < -0.3 is 15.2 Å². The molecule has 0 aromatic heterocycles. The van der Waals surface area contributed by atoms with Crippen LogP contribution >= 0.6 is 0 Å². The predicted octanol–water partition coefficient (Wildman–Crippen LogP) is 3.84. The zero-order valence-electron chi connectivity index (χ0n) is 15.3. The molecule has 0 heterocycles. The van der Waals surface area contributed by atoms with Gasteiger partial charge in [0.15, 0.2) is 0 Å². The van der Waals surface area contributed by atoms with Crippen molar-refractivity contribution in [3.63, 3.8) is 0 Å². The molecule has 0 aliphatic heterocycles. The van der Waals surface area contributed by atoms with Crippen LogP contribution in [0.25, 0.3) is 0 Å². The molecular formula is C21H25NO4. The Morgan fingerprint density at radius 2 is 1.81 bits per heavy atom. The van der Waals surface area contributed by atoms with Crippen molar-refractivity contribution in [2.24, 2.45) is 11.3 Å². The summed E-state index contributed by atoms with van der Waals surface area (Å²) >= 11 is 0. The molecule has 0 bridgehead atoms. The Bertz CT molecular complexity index is 760. The van der Waals surface area contributed by atoms with Crippen LogP contribution in [0.2, 0.25) is 0 Å². The molecule has 5 heteroatoms. The summed E-state index contributed by atoms with van der Waals surface area (Å²) in [6.45, 7) is 5.52. The number of allylic oxidation sites excluding steroid dienone is 4. The Labute approximate surface area is 153 Å². The molecule has 0 spiro atoms. The van der Waals surface area contributed by atoms with Gasteiger partial charge in [0.05, 0.1) is 0 Å². The number of hydrogen-bond donors (Lipinski definition) is 2. The van der Waals surface area contributed by atoms with Crippen LogP contribution in [0.1, 0.15) is 43.7 Å². The van der Waals surface area contributed by atoms with Crippen molar-refractivity contribution in [3.05, 3.63) is 59.7 Å². The number of carboxylic acid groups (broad SMARTS) is 1. The number of amides is 1. The molecule has 4 atom stereocenters. The summed E-state index contributed by atoms with van der Waals surface area (Å²) in [7, 11) is 0. The number of alkyl carbamates (subject to hydrolysis) is 1. The van der Waals surface area contributed by atoms with Gasteiger partial charge in [-0.25, -0.2) is 9.59 Å². The first-order chi connectivity index (χ1) is 12.3. The average Bonchev–Trinajstić information content (AvgIpc) is 2.91. The molecule has 0 saturated carbocycles. The average molecular weight is 355 g/mol. The standard InChI is InChI=1S/C21H25NO4/c1-21(2,3)18(19(23)24)22-20(25)26-12-17-15-10-6-4-8-13(15)14-9-5-7-11-16(14)17/h4-11,13,15,17-18H,12H2,1-3H3,(H,22,25)(H,23,24). The Kier molecular flexibility index (Phi) is 4.90. The van der Waals surface area contributed by atoms with Crippen LogP contribution in [0.5, 0.6) is 0 Å². The second kappa shape index (κ2) is 6.98. The van der Waals surface area contributed by atoms with Crippen LogP contribution in [0.15, 0.2) is 48.6 Å². The number of carbonyl (C=O) groups excluding carboxylic acids is 1. The van der Waals surface area contributed by atoms with Gasteiger partial charge in [0.1, 0.15) is 12.6 Å². The lowest BCUT2D eigenvalue weighted by Gasteiger charge is -2.28. The van der Waals surface area contributed by atoms with Gasteiger partial charge in [0.2, 0.25) is 0 Å². The van der Waals surface area contributed by atoms with Crippen LogP contribution in [0, 0.1) is 11.3 Å². The minimum Gasteiger partial charge on any atom is -0.480 e. The highest BCUT2D eigenvalue weighted by Crippen LogP contribution is 2.49. The highest BCUT2D eigenvalue weighted by molar-refractivity contribution is 5.80. The fourth-order valence-electron chi connectivity index (χ4n) is 3.85. The molecule has 3 rings (SSSR count). The highest BCUT2D eigenvalue weighted by Gasteiger charge is 2.39. The molecule has 1 amide bonds. The Morgan fingerprint density at radius 3 is 2.46 bits per heavy atom. The van der Waals surface area contributed by atoms with Crippen molar-refractivity contribution in [2.45, 2.75) is 38.6 Å². The van der Waals surface area contributed by atoms with Gasteiger partial charge in [-0.05, 0) is 22.5 Å². The maximum absolute atomic E-state index is 12.2. The van der Waals surface area contributed by atoms with Gasteiger partial charge >= 0.3 is 12.1 Å². The summed E-state index contributed by atoms with van der Waals surface area (Å²) in [5, 5.41) is 11.8. The quantitative estimate of drug-likeness (QED) is 0.860. The zero-order valence-corrected chi connectivity index (χ0v) is 15.3. The topological polar surface area (TPSA) is 75.6 Å². The van der Waals surface area contributed by atoms with Gasteiger partial charge in [-0.3, -0.25) is 0 Å². The van der Waals surface area contributed by atoms with Crippen LogP contribution in [-0.2, 0) is 9.53 Å². The van der Waals surface area contributed by atoms with Gasteiger partial charge in [0.25, 0.3) is 0 Å². The number of hydrogen-bond acceptors (Lipinski definition) is 3. The third kappa shape index (κ3) is 3.52. The molecule has 0 radical (unpaired) electrons. The van der Waals surface area contributed by atoms with E-state index in [9.17, 15) is 14.7 Å². The predicted molar refractivity (Wildman–Crippen MR) is 99.1 cm³/mol. The molecule has 2 aliphatic carbocycles. The molecule has 0 fully saturated rings. The molecule has 2 N–H and O–H groups in total. The Balaban J connectivity index is 1.69. The largest absolute Gasteiger partial charge is 0.480 e. The number of rotatable bonds is 4. The molecule has 1 aromatic rings. The second-order valence-electron chi connectivity index (χ2n) is 7.99. The third-order valence-corrected chi connectivity index (χ3v) is 5.17. The Morgan fingerprint density at radius 1 is 1.15 bits per heavy atom. The minimum absolute atomic E-state index is 0.0704. The summed E-state index contributed by atoms with van der Waals surface area (Å²) in [6, 6.07) is 7.22. The number of aliphatic carboxylic acids is 1. The first-order valence-corrected chi connectivity index (χ1v) is 8.89. The van der Waals surface area contributed by atoms with E-state index in [1.165, 1.54) is 11.1 Å². The van der Waals surface area contributed by atoms with Gasteiger partial charge in [0, 0.05) is 11.8 Å². The molecule has 2 aliphatic rings. The zero-order chi connectivity index (χ0) is 18.9. The van der Waals surface area contributed by atoms with Crippen LogP contribution in [-0.4, -0.2) is 29.8 Å². The number of carbonyl (C=O) groups is 2. The molecule has 4 unspecified atom stereocenters. The summed E-state index contributed by atoms with van der Waals surface area (Å²) in [5.74, 6) is -0.445. The highest BCUT2D eigenvalue weighted by atomic mass is 16.5. The van der Waals surface area contributed by atoms with Crippen molar-refractivity contribution >= 4 is 12.1 Å². The maximum atomic E-state index is 12.2. The third-order valence-electron chi connectivity index (χ3n) is 5.17. The number of ether oxygens (including phenoxy) is 1. The van der Waals surface area contributed by atoms with E-state index < -0.39 is 23.5 Å². The molecule has 26 heavy (non-hydrogen) atoms. The first kappa shape index (κ1) is 18.2.